The highest BCUT2D eigenvalue weighted by Crippen LogP contribution is 2.40. The van der Waals surface area contributed by atoms with E-state index in [0.717, 1.165) is 11.1 Å². The lowest BCUT2D eigenvalue weighted by atomic mass is 10.1. The molecule has 0 aromatic heterocycles. The van der Waals surface area contributed by atoms with Crippen molar-refractivity contribution in [2.75, 3.05) is 19.8 Å². The Morgan fingerprint density at radius 1 is 1.17 bits per heavy atom. The Labute approximate surface area is 238 Å². The zero-order valence-corrected chi connectivity index (χ0v) is 24.4. The second-order valence-corrected chi connectivity index (χ2v) is 10.9. The third kappa shape index (κ3) is 7.61. The number of carbonyl (C=O) groups is 2. The van der Waals surface area contributed by atoms with Gasteiger partial charge in [0.25, 0.3) is 5.91 Å². The van der Waals surface area contributed by atoms with Crippen molar-refractivity contribution in [3.8, 4) is 11.5 Å². The SMILES string of the molecule is CCOC(=O)CCCN1C(=O)/C(=C/c2cc(Br)c(OCc3ccc(Cl)cc3Cl)c(OCC)c2)SC1=S. The Morgan fingerprint density at radius 2 is 1.94 bits per heavy atom. The number of hydrogen-bond donors (Lipinski definition) is 0. The molecule has 0 atom stereocenters. The van der Waals surface area contributed by atoms with Crippen molar-refractivity contribution >= 4 is 85.4 Å². The molecule has 0 aliphatic carbocycles. The molecule has 0 saturated carbocycles. The van der Waals surface area contributed by atoms with Crippen LogP contribution in [0.3, 0.4) is 0 Å². The van der Waals surface area contributed by atoms with Crippen LogP contribution in [0.4, 0.5) is 0 Å². The standard InChI is InChI=1S/C25H24BrCl2NO5S2/c1-3-32-20-11-15(10-18(26)23(20)34-14-16-7-8-17(27)13-19(16)28)12-21-24(31)29(25(35)36-21)9-5-6-22(30)33-4-2/h7-8,10-13H,3-6,9,14H2,1-2H3/b21-12-. The second kappa shape index (κ2) is 13.7. The van der Waals surface area contributed by atoms with Gasteiger partial charge < -0.3 is 14.2 Å². The van der Waals surface area contributed by atoms with Crippen molar-refractivity contribution in [2.45, 2.75) is 33.3 Å². The number of thiocarbonyl (C=S) groups is 1. The first-order valence-corrected chi connectivity index (χ1v) is 13.9. The maximum atomic E-state index is 12.9. The highest BCUT2D eigenvalue weighted by atomic mass is 79.9. The van der Waals surface area contributed by atoms with Gasteiger partial charge in [0.05, 0.1) is 22.6 Å². The lowest BCUT2D eigenvalue weighted by Gasteiger charge is -2.15. The van der Waals surface area contributed by atoms with Crippen LogP contribution in [-0.2, 0) is 20.9 Å². The molecule has 0 bridgehead atoms. The third-order valence-electron chi connectivity index (χ3n) is 4.96. The van der Waals surface area contributed by atoms with Crippen molar-refractivity contribution < 1.29 is 23.8 Å². The molecule has 6 nitrogen and oxygen atoms in total. The Bertz CT molecular complexity index is 1190. The average molecular weight is 633 g/mol. The molecule has 36 heavy (non-hydrogen) atoms. The van der Waals surface area contributed by atoms with Gasteiger partial charge in [-0.1, -0.05) is 53.2 Å². The summed E-state index contributed by atoms with van der Waals surface area (Å²) in [5, 5.41) is 1.06. The molecule has 1 fully saturated rings. The van der Waals surface area contributed by atoms with Crippen LogP contribution < -0.4 is 9.47 Å². The largest absolute Gasteiger partial charge is 0.490 e. The quantitative estimate of drug-likeness (QED) is 0.147. The lowest BCUT2D eigenvalue weighted by molar-refractivity contribution is -0.143. The first-order valence-electron chi connectivity index (χ1n) is 11.2. The molecular weight excluding hydrogens is 609 g/mol. The number of benzene rings is 2. The van der Waals surface area contributed by atoms with Gasteiger partial charge in [-0.05, 0) is 72.1 Å². The maximum absolute atomic E-state index is 12.9. The minimum Gasteiger partial charge on any atom is -0.490 e. The first kappa shape index (κ1) is 28.8. The van der Waals surface area contributed by atoms with Gasteiger partial charge in [0, 0.05) is 28.6 Å². The Kier molecular flexibility index (Phi) is 10.9. The monoisotopic (exact) mass is 631 g/mol. The van der Waals surface area contributed by atoms with E-state index in [9.17, 15) is 9.59 Å². The van der Waals surface area contributed by atoms with Crippen LogP contribution in [0.1, 0.15) is 37.8 Å². The van der Waals surface area contributed by atoms with Crippen molar-refractivity contribution in [2.24, 2.45) is 0 Å². The Hall–Kier alpha value is -1.78. The molecule has 1 aliphatic rings. The molecule has 3 rings (SSSR count). The highest BCUT2D eigenvalue weighted by molar-refractivity contribution is 9.10. The average Bonchev–Trinajstić information content (AvgIpc) is 3.07. The Balaban J connectivity index is 1.75. The highest BCUT2D eigenvalue weighted by Gasteiger charge is 2.31. The van der Waals surface area contributed by atoms with E-state index in [1.165, 1.54) is 16.7 Å². The number of hydrogen-bond acceptors (Lipinski definition) is 7. The van der Waals surface area contributed by atoms with Gasteiger partial charge in [-0.2, -0.15) is 0 Å². The van der Waals surface area contributed by atoms with E-state index < -0.39 is 0 Å². The van der Waals surface area contributed by atoms with Crippen molar-refractivity contribution in [3.05, 3.63) is 60.9 Å². The molecule has 2 aromatic rings. The number of rotatable bonds is 11. The molecule has 0 unspecified atom stereocenters. The van der Waals surface area contributed by atoms with Crippen molar-refractivity contribution in [1.82, 2.24) is 4.90 Å². The van der Waals surface area contributed by atoms with E-state index in [1.54, 1.807) is 31.2 Å². The van der Waals surface area contributed by atoms with Gasteiger partial charge in [-0.25, -0.2) is 0 Å². The number of carbonyl (C=O) groups excluding carboxylic acids is 2. The minimum atomic E-state index is -0.285. The number of ether oxygens (including phenoxy) is 3. The van der Waals surface area contributed by atoms with Crippen LogP contribution in [-0.4, -0.2) is 40.9 Å². The van der Waals surface area contributed by atoms with E-state index in [2.05, 4.69) is 15.9 Å². The second-order valence-electron chi connectivity index (χ2n) is 7.53. The Morgan fingerprint density at radius 3 is 2.64 bits per heavy atom. The van der Waals surface area contributed by atoms with Crippen molar-refractivity contribution in [1.29, 1.82) is 0 Å². The summed E-state index contributed by atoms with van der Waals surface area (Å²) in [6, 6.07) is 8.87. The first-order chi connectivity index (χ1) is 17.2. The van der Waals surface area contributed by atoms with Gasteiger partial charge in [-0.15, -0.1) is 0 Å². The van der Waals surface area contributed by atoms with Gasteiger partial charge >= 0.3 is 5.97 Å². The molecule has 1 aliphatic heterocycles. The van der Waals surface area contributed by atoms with Gasteiger partial charge in [0.1, 0.15) is 10.9 Å². The lowest BCUT2D eigenvalue weighted by Crippen LogP contribution is -2.29. The van der Waals surface area contributed by atoms with Crippen LogP contribution in [0.5, 0.6) is 11.5 Å². The number of halogens is 3. The fraction of sp³-hybridized carbons (Fsp3) is 0.320. The molecule has 192 valence electrons. The zero-order valence-electron chi connectivity index (χ0n) is 19.6. The summed E-state index contributed by atoms with van der Waals surface area (Å²) in [6.07, 6.45) is 2.47. The van der Waals surface area contributed by atoms with E-state index >= 15 is 0 Å². The van der Waals surface area contributed by atoms with E-state index in [0.29, 0.717) is 61.4 Å². The van der Waals surface area contributed by atoms with Gasteiger partial charge in [0.15, 0.2) is 11.5 Å². The van der Waals surface area contributed by atoms with E-state index in [1.807, 2.05) is 19.1 Å². The molecule has 0 spiro atoms. The zero-order chi connectivity index (χ0) is 26.2. The maximum Gasteiger partial charge on any atom is 0.305 e. The molecule has 2 aromatic carbocycles. The normalized spacial score (nSPS) is 14.5. The van der Waals surface area contributed by atoms with Crippen LogP contribution in [0.2, 0.25) is 10.0 Å². The molecule has 11 heteroatoms. The number of amides is 1. The smallest absolute Gasteiger partial charge is 0.305 e. The van der Waals surface area contributed by atoms with Gasteiger partial charge in [0.2, 0.25) is 0 Å². The number of thioether (sulfide) groups is 1. The molecule has 1 amide bonds. The molecular formula is C25H24BrCl2NO5S2. The summed E-state index contributed by atoms with van der Waals surface area (Å²) in [5.74, 6) is 0.563. The molecule has 1 heterocycles. The summed E-state index contributed by atoms with van der Waals surface area (Å²) in [7, 11) is 0. The van der Waals surface area contributed by atoms with Crippen molar-refractivity contribution in [3.63, 3.8) is 0 Å². The fourth-order valence-electron chi connectivity index (χ4n) is 3.32. The molecule has 1 saturated heterocycles. The summed E-state index contributed by atoms with van der Waals surface area (Å²) in [4.78, 5) is 26.5. The summed E-state index contributed by atoms with van der Waals surface area (Å²) < 4.78 is 17.9. The minimum absolute atomic E-state index is 0.194. The van der Waals surface area contributed by atoms with Gasteiger partial charge in [-0.3, -0.25) is 14.5 Å². The van der Waals surface area contributed by atoms with Crippen LogP contribution >= 0.6 is 63.1 Å². The fourth-order valence-corrected chi connectivity index (χ4v) is 5.67. The molecule has 0 radical (unpaired) electrons. The van der Waals surface area contributed by atoms with Crippen LogP contribution in [0.15, 0.2) is 39.7 Å². The van der Waals surface area contributed by atoms with Crippen LogP contribution in [0, 0.1) is 0 Å². The summed E-state index contributed by atoms with van der Waals surface area (Å²) >= 11 is 22.4. The topological polar surface area (TPSA) is 65.1 Å². The predicted molar refractivity (Wildman–Crippen MR) is 152 cm³/mol. The number of esters is 1. The predicted octanol–water partition coefficient (Wildman–Crippen LogP) is 7.28. The third-order valence-corrected chi connectivity index (χ3v) is 7.51. The van der Waals surface area contributed by atoms with E-state index in [-0.39, 0.29) is 24.9 Å². The number of nitrogens with zero attached hydrogens (tertiary/aromatic N) is 1. The summed E-state index contributed by atoms with van der Waals surface area (Å²) in [5.41, 5.74) is 1.53. The van der Waals surface area contributed by atoms with E-state index in [4.69, 9.17) is 49.6 Å². The summed E-state index contributed by atoms with van der Waals surface area (Å²) in [6.45, 7) is 4.97. The van der Waals surface area contributed by atoms with Crippen LogP contribution in [0.25, 0.3) is 6.08 Å². The molecule has 0 N–H and O–H groups in total.